The first-order chi connectivity index (χ1) is 9.95. The first kappa shape index (κ1) is 17.5. The molecular weight excluding hydrogens is 302 g/mol. The van der Waals surface area contributed by atoms with Crippen molar-refractivity contribution >= 4 is 10.0 Å². The summed E-state index contributed by atoms with van der Waals surface area (Å²) in [6, 6.07) is 5.93. The van der Waals surface area contributed by atoms with Crippen LogP contribution in [0.3, 0.4) is 0 Å². The molecule has 1 rings (SSSR count). The summed E-state index contributed by atoms with van der Waals surface area (Å²) in [7, 11) is -3.69. The first-order valence-electron chi connectivity index (χ1n) is 6.10. The van der Waals surface area contributed by atoms with Gasteiger partial charge in [0.15, 0.2) is 0 Å². The number of alkyl halides is 2. The Morgan fingerprint density at radius 1 is 1.29 bits per heavy atom. The van der Waals surface area contributed by atoms with E-state index < -0.39 is 23.1 Å². The smallest absolute Gasteiger partial charge is 0.261 e. The van der Waals surface area contributed by atoms with E-state index in [-0.39, 0.29) is 24.6 Å². The van der Waals surface area contributed by atoms with Crippen LogP contribution in [-0.4, -0.2) is 41.1 Å². The van der Waals surface area contributed by atoms with E-state index in [0.29, 0.717) is 5.56 Å². The fraction of sp³-hybridized carbons (Fsp3) is 0.385. The van der Waals surface area contributed by atoms with Crippen LogP contribution in [0.25, 0.3) is 0 Å². The third kappa shape index (κ3) is 6.64. The number of hydrogen-bond acceptors (Lipinski definition) is 4. The molecule has 0 heterocycles. The Balaban J connectivity index is 2.54. The second-order valence-corrected chi connectivity index (χ2v) is 5.66. The standard InChI is InChI=1S/C13H16F2N2O3S/c14-13(15)10-20-9-8-17-21(18,19)12-5-3-11(4-6-12)2-1-7-16/h3-6,13,17H,7-10,16H2. The molecular formula is C13H16F2N2O3S. The van der Waals surface area contributed by atoms with Gasteiger partial charge in [0.25, 0.3) is 6.43 Å². The summed E-state index contributed by atoms with van der Waals surface area (Å²) < 4.78 is 54.2. The highest BCUT2D eigenvalue weighted by molar-refractivity contribution is 7.89. The Morgan fingerprint density at radius 2 is 1.95 bits per heavy atom. The van der Waals surface area contributed by atoms with Crippen molar-refractivity contribution in [2.75, 3.05) is 26.3 Å². The van der Waals surface area contributed by atoms with E-state index in [0.717, 1.165) is 0 Å². The second-order valence-electron chi connectivity index (χ2n) is 3.89. The molecule has 0 amide bonds. The van der Waals surface area contributed by atoms with Crippen LogP contribution in [-0.2, 0) is 14.8 Å². The second kappa shape index (κ2) is 8.69. The fourth-order valence-electron chi connectivity index (χ4n) is 1.37. The van der Waals surface area contributed by atoms with Crippen molar-refractivity contribution in [1.29, 1.82) is 0 Å². The van der Waals surface area contributed by atoms with Gasteiger partial charge in [-0.2, -0.15) is 0 Å². The minimum Gasteiger partial charge on any atom is -0.374 e. The van der Waals surface area contributed by atoms with Crippen LogP contribution >= 0.6 is 0 Å². The largest absolute Gasteiger partial charge is 0.374 e. The highest BCUT2D eigenvalue weighted by Gasteiger charge is 2.13. The average Bonchev–Trinajstić information content (AvgIpc) is 2.44. The number of hydrogen-bond donors (Lipinski definition) is 2. The zero-order chi connectivity index (χ0) is 15.7. The van der Waals surface area contributed by atoms with Gasteiger partial charge in [-0.15, -0.1) is 0 Å². The molecule has 0 atom stereocenters. The lowest BCUT2D eigenvalue weighted by Gasteiger charge is -2.07. The highest BCUT2D eigenvalue weighted by atomic mass is 32.2. The van der Waals surface area contributed by atoms with Crippen molar-refractivity contribution in [3.63, 3.8) is 0 Å². The molecule has 0 aliphatic carbocycles. The van der Waals surface area contributed by atoms with Gasteiger partial charge in [0, 0.05) is 12.1 Å². The van der Waals surface area contributed by atoms with Gasteiger partial charge in [0.2, 0.25) is 10.0 Å². The van der Waals surface area contributed by atoms with Crippen LogP contribution in [0.15, 0.2) is 29.2 Å². The molecule has 5 nitrogen and oxygen atoms in total. The van der Waals surface area contributed by atoms with E-state index in [2.05, 4.69) is 21.3 Å². The van der Waals surface area contributed by atoms with E-state index in [4.69, 9.17) is 5.73 Å². The van der Waals surface area contributed by atoms with Crippen LogP contribution < -0.4 is 10.5 Å². The molecule has 0 bridgehead atoms. The molecule has 116 valence electrons. The average molecular weight is 318 g/mol. The molecule has 1 aromatic rings. The molecule has 21 heavy (non-hydrogen) atoms. The number of benzene rings is 1. The molecule has 0 aliphatic heterocycles. The lowest BCUT2D eigenvalue weighted by Crippen LogP contribution is -2.28. The van der Waals surface area contributed by atoms with E-state index in [1.165, 1.54) is 12.1 Å². The number of sulfonamides is 1. The number of rotatable bonds is 7. The molecule has 0 saturated heterocycles. The van der Waals surface area contributed by atoms with Gasteiger partial charge < -0.3 is 10.5 Å². The molecule has 1 aromatic carbocycles. The monoisotopic (exact) mass is 318 g/mol. The lowest BCUT2D eigenvalue weighted by molar-refractivity contribution is 0.0199. The zero-order valence-corrected chi connectivity index (χ0v) is 12.0. The zero-order valence-electron chi connectivity index (χ0n) is 11.2. The van der Waals surface area contributed by atoms with Gasteiger partial charge in [-0.1, -0.05) is 11.8 Å². The number of nitrogens with one attached hydrogen (secondary N) is 1. The molecule has 0 fully saturated rings. The maximum atomic E-state index is 11.9. The summed E-state index contributed by atoms with van der Waals surface area (Å²) in [6.07, 6.45) is -2.57. The normalized spacial score (nSPS) is 11.2. The number of nitrogens with two attached hydrogens (primary N) is 1. The Morgan fingerprint density at radius 3 is 2.52 bits per heavy atom. The Kier molecular flexibility index (Phi) is 7.25. The van der Waals surface area contributed by atoms with Crippen molar-refractivity contribution in [3.05, 3.63) is 29.8 Å². The first-order valence-corrected chi connectivity index (χ1v) is 7.58. The maximum Gasteiger partial charge on any atom is 0.261 e. The molecule has 0 spiro atoms. The van der Waals surface area contributed by atoms with Crippen LogP contribution in [0.1, 0.15) is 5.56 Å². The quantitative estimate of drug-likeness (QED) is 0.568. The molecule has 3 N–H and O–H groups in total. The van der Waals surface area contributed by atoms with Crippen molar-refractivity contribution in [2.24, 2.45) is 5.73 Å². The van der Waals surface area contributed by atoms with E-state index >= 15 is 0 Å². The summed E-state index contributed by atoms with van der Waals surface area (Å²) >= 11 is 0. The predicted octanol–water partition coefficient (Wildman–Crippen LogP) is 0.557. The van der Waals surface area contributed by atoms with E-state index in [9.17, 15) is 17.2 Å². The van der Waals surface area contributed by atoms with E-state index in [1.807, 2.05) is 0 Å². The maximum absolute atomic E-state index is 11.9. The summed E-state index contributed by atoms with van der Waals surface area (Å²) in [4.78, 5) is 0.0645. The molecule has 0 radical (unpaired) electrons. The van der Waals surface area contributed by atoms with Crippen LogP contribution in [0.2, 0.25) is 0 Å². The molecule has 0 aliphatic rings. The van der Waals surface area contributed by atoms with E-state index in [1.54, 1.807) is 12.1 Å². The third-order valence-corrected chi connectivity index (χ3v) is 3.76. The van der Waals surface area contributed by atoms with Crippen LogP contribution in [0, 0.1) is 11.8 Å². The molecule has 8 heteroatoms. The summed E-state index contributed by atoms with van der Waals surface area (Å²) in [5, 5.41) is 0. The van der Waals surface area contributed by atoms with Crippen LogP contribution in [0.4, 0.5) is 8.78 Å². The SMILES string of the molecule is NCC#Cc1ccc(S(=O)(=O)NCCOCC(F)F)cc1. The minimum absolute atomic E-state index is 0.0645. The summed E-state index contributed by atoms with van der Waals surface area (Å²) in [6.45, 7) is -0.691. The van der Waals surface area contributed by atoms with Crippen molar-refractivity contribution < 1.29 is 21.9 Å². The van der Waals surface area contributed by atoms with Gasteiger partial charge in [0.1, 0.15) is 6.61 Å². The van der Waals surface area contributed by atoms with Gasteiger partial charge in [-0.25, -0.2) is 21.9 Å². The number of halogens is 2. The Bertz CT molecular complexity index is 592. The van der Waals surface area contributed by atoms with Crippen molar-refractivity contribution in [3.8, 4) is 11.8 Å². The van der Waals surface area contributed by atoms with Gasteiger partial charge in [-0.05, 0) is 24.3 Å². The molecule has 0 unspecified atom stereocenters. The van der Waals surface area contributed by atoms with Gasteiger partial charge >= 0.3 is 0 Å². The van der Waals surface area contributed by atoms with Gasteiger partial charge in [-0.3, -0.25) is 0 Å². The molecule has 0 saturated carbocycles. The predicted molar refractivity (Wildman–Crippen MR) is 74.4 cm³/mol. The minimum atomic E-state index is -3.69. The Labute approximate surface area is 122 Å². The van der Waals surface area contributed by atoms with Crippen molar-refractivity contribution in [1.82, 2.24) is 4.72 Å². The summed E-state index contributed by atoms with van der Waals surface area (Å²) in [5.41, 5.74) is 5.89. The molecule has 0 aromatic heterocycles. The lowest BCUT2D eigenvalue weighted by atomic mass is 10.2. The van der Waals surface area contributed by atoms with Crippen LogP contribution in [0.5, 0.6) is 0 Å². The summed E-state index contributed by atoms with van der Waals surface area (Å²) in [5.74, 6) is 5.43. The Hall–Kier alpha value is -1.53. The van der Waals surface area contributed by atoms with Crippen molar-refractivity contribution in [2.45, 2.75) is 11.3 Å². The topological polar surface area (TPSA) is 81.4 Å². The van der Waals surface area contributed by atoms with Gasteiger partial charge in [0.05, 0.1) is 18.0 Å². The number of ether oxygens (including phenoxy) is 1. The fourth-order valence-corrected chi connectivity index (χ4v) is 2.39. The third-order valence-electron chi connectivity index (χ3n) is 2.28. The highest BCUT2D eigenvalue weighted by Crippen LogP contribution is 2.09.